The molecule has 5 nitrogen and oxygen atoms in total. The van der Waals surface area contributed by atoms with E-state index in [2.05, 4.69) is 9.97 Å². The number of hydrogen-bond acceptors (Lipinski definition) is 5. The third-order valence-electron chi connectivity index (χ3n) is 3.18. The Morgan fingerprint density at radius 2 is 2.28 bits per heavy atom. The summed E-state index contributed by atoms with van der Waals surface area (Å²) in [6, 6.07) is -0.379. The smallest absolute Gasteiger partial charge is 0.320 e. The molecule has 0 aliphatic carbocycles. The zero-order valence-corrected chi connectivity index (χ0v) is 11.2. The van der Waals surface area contributed by atoms with Gasteiger partial charge in [0.15, 0.2) is 0 Å². The second kappa shape index (κ2) is 6.15. The van der Waals surface area contributed by atoms with Gasteiger partial charge >= 0.3 is 5.97 Å². The molecule has 2 rings (SSSR count). The second-order valence-electron chi connectivity index (χ2n) is 4.33. The zero-order valence-electron chi connectivity index (χ0n) is 10.4. The number of rotatable bonds is 4. The van der Waals surface area contributed by atoms with Crippen LogP contribution in [0.5, 0.6) is 0 Å². The summed E-state index contributed by atoms with van der Waals surface area (Å²) in [4.78, 5) is 21.8. The van der Waals surface area contributed by atoms with E-state index in [0.717, 1.165) is 36.5 Å². The fourth-order valence-electron chi connectivity index (χ4n) is 2.29. The predicted octanol–water partition coefficient (Wildman–Crippen LogP) is 1.64. The van der Waals surface area contributed by atoms with Gasteiger partial charge in [0, 0.05) is 18.9 Å². The minimum Gasteiger partial charge on any atom is -0.480 e. The Bertz CT molecular complexity index is 428. The van der Waals surface area contributed by atoms with Crippen molar-refractivity contribution in [1.82, 2.24) is 14.9 Å². The molecule has 1 aliphatic heterocycles. The lowest BCUT2D eigenvalue weighted by Gasteiger charge is -2.32. The van der Waals surface area contributed by atoms with Crippen molar-refractivity contribution in [1.29, 1.82) is 0 Å². The number of thioether (sulfide) groups is 1. The van der Waals surface area contributed by atoms with E-state index in [-0.39, 0.29) is 6.04 Å². The van der Waals surface area contributed by atoms with E-state index in [4.69, 9.17) is 0 Å². The molecule has 0 spiro atoms. The molecule has 0 aromatic carbocycles. The maximum Gasteiger partial charge on any atom is 0.320 e. The molecule has 0 unspecified atom stereocenters. The van der Waals surface area contributed by atoms with Crippen LogP contribution >= 0.6 is 11.8 Å². The lowest BCUT2D eigenvalue weighted by atomic mass is 10.0. The van der Waals surface area contributed by atoms with Crippen molar-refractivity contribution in [3.05, 3.63) is 18.1 Å². The number of hydrogen-bond donors (Lipinski definition) is 1. The van der Waals surface area contributed by atoms with Crippen LogP contribution in [0.3, 0.4) is 0 Å². The van der Waals surface area contributed by atoms with E-state index in [9.17, 15) is 9.90 Å². The summed E-state index contributed by atoms with van der Waals surface area (Å²) in [5.41, 5.74) is 0.873. The Hall–Kier alpha value is -1.14. The lowest BCUT2D eigenvalue weighted by molar-refractivity contribution is -0.144. The Morgan fingerprint density at radius 3 is 3.00 bits per heavy atom. The standard InChI is InChI=1S/C12H17N3O2S/c1-18-11-9(13-5-6-14-11)8-15-7-3-2-4-10(15)12(16)17/h5-6,10H,2-4,7-8H2,1H3,(H,16,17)/t10-/m0/s1. The highest BCUT2D eigenvalue weighted by molar-refractivity contribution is 7.98. The number of carboxylic acids is 1. The van der Waals surface area contributed by atoms with E-state index in [0.29, 0.717) is 6.54 Å². The van der Waals surface area contributed by atoms with E-state index in [1.165, 1.54) is 0 Å². The Morgan fingerprint density at radius 1 is 1.50 bits per heavy atom. The van der Waals surface area contributed by atoms with Gasteiger partial charge in [0.25, 0.3) is 0 Å². The van der Waals surface area contributed by atoms with E-state index >= 15 is 0 Å². The molecule has 1 aromatic heterocycles. The van der Waals surface area contributed by atoms with E-state index in [1.54, 1.807) is 24.2 Å². The molecular formula is C12H17N3O2S. The van der Waals surface area contributed by atoms with Crippen LogP contribution in [-0.4, -0.2) is 44.8 Å². The minimum absolute atomic E-state index is 0.379. The second-order valence-corrected chi connectivity index (χ2v) is 5.13. The monoisotopic (exact) mass is 267 g/mol. The summed E-state index contributed by atoms with van der Waals surface area (Å²) >= 11 is 1.55. The fourth-order valence-corrected chi connectivity index (χ4v) is 2.80. The van der Waals surface area contributed by atoms with Crippen LogP contribution in [0.4, 0.5) is 0 Å². The maximum atomic E-state index is 11.2. The van der Waals surface area contributed by atoms with Crippen LogP contribution < -0.4 is 0 Å². The fraction of sp³-hybridized carbons (Fsp3) is 0.583. The lowest BCUT2D eigenvalue weighted by Crippen LogP contribution is -2.44. The third-order valence-corrected chi connectivity index (χ3v) is 3.91. The number of piperidine rings is 1. The number of carboxylic acid groups (broad SMARTS) is 1. The molecule has 1 aromatic rings. The van der Waals surface area contributed by atoms with Crippen LogP contribution in [0.25, 0.3) is 0 Å². The van der Waals surface area contributed by atoms with Gasteiger partial charge < -0.3 is 5.11 Å². The van der Waals surface area contributed by atoms with Gasteiger partial charge in [-0.2, -0.15) is 0 Å². The zero-order chi connectivity index (χ0) is 13.0. The molecule has 1 N–H and O–H groups in total. The summed E-state index contributed by atoms with van der Waals surface area (Å²) < 4.78 is 0. The summed E-state index contributed by atoms with van der Waals surface area (Å²) in [6.07, 6.45) is 8.06. The molecule has 1 atom stereocenters. The molecule has 0 saturated carbocycles. The Labute approximate surface area is 111 Å². The molecule has 0 amide bonds. The number of aliphatic carboxylic acids is 1. The average molecular weight is 267 g/mol. The van der Waals surface area contributed by atoms with Crippen molar-refractivity contribution in [2.75, 3.05) is 12.8 Å². The molecule has 18 heavy (non-hydrogen) atoms. The third kappa shape index (κ3) is 3.00. The Balaban J connectivity index is 2.13. The summed E-state index contributed by atoms with van der Waals surface area (Å²) in [7, 11) is 0. The van der Waals surface area contributed by atoms with Gasteiger partial charge in [-0.3, -0.25) is 14.7 Å². The molecule has 0 radical (unpaired) electrons. The number of likely N-dealkylation sites (tertiary alicyclic amines) is 1. The molecule has 1 saturated heterocycles. The summed E-state index contributed by atoms with van der Waals surface area (Å²) in [5.74, 6) is -0.732. The van der Waals surface area contributed by atoms with Crippen LogP contribution in [0, 0.1) is 0 Å². The van der Waals surface area contributed by atoms with Gasteiger partial charge in [-0.25, -0.2) is 4.98 Å². The number of aromatic nitrogens is 2. The molecular weight excluding hydrogens is 250 g/mol. The first-order valence-electron chi connectivity index (χ1n) is 6.03. The van der Waals surface area contributed by atoms with Gasteiger partial charge in [0.05, 0.1) is 5.69 Å². The highest BCUT2D eigenvalue weighted by Crippen LogP contribution is 2.22. The van der Waals surface area contributed by atoms with Crippen LogP contribution in [0.1, 0.15) is 25.0 Å². The van der Waals surface area contributed by atoms with Crippen LogP contribution in [0.15, 0.2) is 17.4 Å². The van der Waals surface area contributed by atoms with Gasteiger partial charge in [-0.1, -0.05) is 6.42 Å². The molecule has 1 aliphatic rings. The van der Waals surface area contributed by atoms with Crippen molar-refractivity contribution in [3.8, 4) is 0 Å². The van der Waals surface area contributed by atoms with E-state index in [1.807, 2.05) is 11.2 Å². The average Bonchev–Trinajstić information content (AvgIpc) is 2.40. The summed E-state index contributed by atoms with van der Waals surface area (Å²) in [6.45, 7) is 1.39. The number of carbonyl (C=O) groups is 1. The van der Waals surface area contributed by atoms with Crippen LogP contribution in [-0.2, 0) is 11.3 Å². The van der Waals surface area contributed by atoms with Gasteiger partial charge in [0.2, 0.25) is 0 Å². The highest BCUT2D eigenvalue weighted by Gasteiger charge is 2.29. The van der Waals surface area contributed by atoms with Crippen molar-refractivity contribution in [2.45, 2.75) is 36.9 Å². The molecule has 98 valence electrons. The van der Waals surface area contributed by atoms with Crippen molar-refractivity contribution in [3.63, 3.8) is 0 Å². The highest BCUT2D eigenvalue weighted by atomic mass is 32.2. The van der Waals surface area contributed by atoms with E-state index < -0.39 is 5.97 Å². The van der Waals surface area contributed by atoms with Gasteiger partial charge in [0.1, 0.15) is 11.1 Å². The summed E-state index contributed by atoms with van der Waals surface area (Å²) in [5, 5.41) is 10.1. The van der Waals surface area contributed by atoms with Gasteiger partial charge in [-0.15, -0.1) is 11.8 Å². The van der Waals surface area contributed by atoms with Crippen molar-refractivity contribution < 1.29 is 9.90 Å². The SMILES string of the molecule is CSc1nccnc1CN1CCCC[C@H]1C(=O)O. The molecule has 1 fully saturated rings. The predicted molar refractivity (Wildman–Crippen MR) is 69.5 cm³/mol. The minimum atomic E-state index is -0.732. The number of nitrogens with zero attached hydrogens (tertiary/aromatic N) is 3. The van der Waals surface area contributed by atoms with Crippen LogP contribution in [0.2, 0.25) is 0 Å². The first-order valence-corrected chi connectivity index (χ1v) is 7.25. The van der Waals surface area contributed by atoms with Gasteiger partial charge in [-0.05, 0) is 25.6 Å². The molecule has 0 bridgehead atoms. The molecule has 6 heteroatoms. The first kappa shape index (κ1) is 13.3. The maximum absolute atomic E-state index is 11.2. The normalized spacial score (nSPS) is 20.8. The van der Waals surface area contributed by atoms with Crippen molar-refractivity contribution >= 4 is 17.7 Å². The molecule has 2 heterocycles. The topological polar surface area (TPSA) is 66.3 Å². The first-order chi connectivity index (χ1) is 8.72. The van der Waals surface area contributed by atoms with Crippen molar-refractivity contribution in [2.24, 2.45) is 0 Å². The quantitative estimate of drug-likeness (QED) is 0.837. The Kier molecular flexibility index (Phi) is 4.54. The largest absolute Gasteiger partial charge is 0.480 e.